The third kappa shape index (κ3) is 6.81. The van der Waals surface area contributed by atoms with Crippen molar-refractivity contribution in [3.63, 3.8) is 0 Å². The molecule has 0 bridgehead atoms. The zero-order valence-corrected chi connectivity index (χ0v) is 11.2. The molecule has 0 aromatic carbocycles. The maximum Gasteiger partial charge on any atom is 0.317 e. The van der Waals surface area contributed by atoms with Gasteiger partial charge >= 0.3 is 12.0 Å². The Bertz CT molecular complexity index is 254. The Kier molecular flexibility index (Phi) is 7.34. The number of nitrogens with one attached hydrogen (secondary N) is 1. The highest BCUT2D eigenvalue weighted by Gasteiger charge is 2.16. The summed E-state index contributed by atoms with van der Waals surface area (Å²) in [6.45, 7) is 8.89. The van der Waals surface area contributed by atoms with Gasteiger partial charge in [-0.25, -0.2) is 4.79 Å². The van der Waals surface area contributed by atoms with Gasteiger partial charge in [-0.1, -0.05) is 13.8 Å². The molecule has 0 saturated heterocycles. The van der Waals surface area contributed by atoms with Gasteiger partial charge in [0.1, 0.15) is 0 Å². The number of carbonyl (C=O) groups excluding carboxylic acids is 1. The van der Waals surface area contributed by atoms with E-state index in [4.69, 9.17) is 5.11 Å². The number of nitrogens with zero attached hydrogens (tertiary/aromatic N) is 1. The molecule has 2 amide bonds. The maximum absolute atomic E-state index is 11.8. The lowest BCUT2D eigenvalue weighted by Crippen LogP contribution is -2.45. The van der Waals surface area contributed by atoms with Crippen LogP contribution in [0.3, 0.4) is 0 Å². The molecule has 0 heterocycles. The van der Waals surface area contributed by atoms with Crippen LogP contribution in [0.15, 0.2) is 0 Å². The highest BCUT2D eigenvalue weighted by atomic mass is 16.4. The van der Waals surface area contributed by atoms with Gasteiger partial charge in [-0.3, -0.25) is 4.79 Å². The maximum atomic E-state index is 11.8. The molecular weight excluding hydrogens is 220 g/mol. The van der Waals surface area contributed by atoms with Crippen molar-refractivity contribution in [3.05, 3.63) is 0 Å². The van der Waals surface area contributed by atoms with E-state index in [-0.39, 0.29) is 24.4 Å². The Morgan fingerprint density at radius 3 is 2.29 bits per heavy atom. The first-order chi connectivity index (χ1) is 7.88. The number of carbonyl (C=O) groups is 2. The van der Waals surface area contributed by atoms with Crippen molar-refractivity contribution >= 4 is 12.0 Å². The molecule has 0 fully saturated rings. The molecule has 0 aromatic rings. The van der Waals surface area contributed by atoms with Crippen LogP contribution in [-0.2, 0) is 4.79 Å². The van der Waals surface area contributed by atoms with Crippen molar-refractivity contribution in [1.82, 2.24) is 10.2 Å². The van der Waals surface area contributed by atoms with E-state index in [2.05, 4.69) is 5.32 Å². The Morgan fingerprint density at radius 1 is 1.29 bits per heavy atom. The normalized spacial score (nSPS) is 12.3. The van der Waals surface area contributed by atoms with Crippen LogP contribution in [-0.4, -0.2) is 41.1 Å². The standard InChI is InChI=1S/C12H24N2O3/c1-5-6-14(9(2)3)12(17)13-8-10(4)7-11(15)16/h9-10H,5-8H2,1-4H3,(H,13,17)(H,15,16). The Labute approximate surface area is 103 Å². The molecule has 0 radical (unpaired) electrons. The molecule has 0 spiro atoms. The largest absolute Gasteiger partial charge is 0.481 e. The van der Waals surface area contributed by atoms with Crippen molar-refractivity contribution in [2.75, 3.05) is 13.1 Å². The summed E-state index contributed by atoms with van der Waals surface area (Å²) in [5.74, 6) is -0.881. The average molecular weight is 244 g/mol. The van der Waals surface area contributed by atoms with Gasteiger partial charge in [0.05, 0.1) is 0 Å². The van der Waals surface area contributed by atoms with Crippen LogP contribution in [0.4, 0.5) is 4.79 Å². The molecule has 0 saturated carbocycles. The Hall–Kier alpha value is -1.26. The zero-order valence-electron chi connectivity index (χ0n) is 11.2. The van der Waals surface area contributed by atoms with Crippen molar-refractivity contribution < 1.29 is 14.7 Å². The fourth-order valence-electron chi connectivity index (χ4n) is 1.57. The lowest BCUT2D eigenvalue weighted by Gasteiger charge is -2.27. The molecule has 0 aromatic heterocycles. The number of hydrogen-bond donors (Lipinski definition) is 2. The molecule has 5 heteroatoms. The predicted octanol–water partition coefficient (Wildman–Crippen LogP) is 1.93. The summed E-state index contributed by atoms with van der Waals surface area (Å²) < 4.78 is 0. The second-order valence-electron chi connectivity index (χ2n) is 4.68. The lowest BCUT2D eigenvalue weighted by atomic mass is 10.1. The molecule has 100 valence electrons. The molecule has 1 unspecified atom stereocenters. The fraction of sp³-hybridized carbons (Fsp3) is 0.833. The van der Waals surface area contributed by atoms with Crippen LogP contribution in [0.25, 0.3) is 0 Å². The molecule has 0 rings (SSSR count). The van der Waals surface area contributed by atoms with E-state index >= 15 is 0 Å². The van der Waals surface area contributed by atoms with E-state index in [1.54, 1.807) is 4.90 Å². The van der Waals surface area contributed by atoms with Gasteiger partial charge in [-0.15, -0.1) is 0 Å². The third-order valence-electron chi connectivity index (χ3n) is 2.47. The Balaban J connectivity index is 4.09. The highest BCUT2D eigenvalue weighted by Crippen LogP contribution is 2.03. The van der Waals surface area contributed by atoms with Crippen LogP contribution in [0.2, 0.25) is 0 Å². The summed E-state index contributed by atoms with van der Waals surface area (Å²) in [6, 6.07) is 0.0452. The van der Waals surface area contributed by atoms with Gasteiger partial charge in [0.15, 0.2) is 0 Å². The first-order valence-electron chi connectivity index (χ1n) is 6.14. The number of hydrogen-bond acceptors (Lipinski definition) is 2. The van der Waals surface area contributed by atoms with Crippen LogP contribution >= 0.6 is 0 Å². The van der Waals surface area contributed by atoms with Gasteiger partial charge in [0.25, 0.3) is 0 Å². The topological polar surface area (TPSA) is 69.6 Å². The first kappa shape index (κ1) is 15.7. The summed E-state index contributed by atoms with van der Waals surface area (Å²) in [7, 11) is 0. The van der Waals surface area contributed by atoms with Crippen LogP contribution < -0.4 is 5.32 Å². The third-order valence-corrected chi connectivity index (χ3v) is 2.47. The van der Waals surface area contributed by atoms with E-state index in [0.717, 1.165) is 13.0 Å². The second kappa shape index (κ2) is 7.92. The number of rotatable bonds is 7. The minimum atomic E-state index is -0.832. The smallest absolute Gasteiger partial charge is 0.317 e. The Morgan fingerprint density at radius 2 is 1.88 bits per heavy atom. The first-order valence-corrected chi connectivity index (χ1v) is 6.14. The molecule has 5 nitrogen and oxygen atoms in total. The monoisotopic (exact) mass is 244 g/mol. The summed E-state index contributed by atoms with van der Waals surface area (Å²) >= 11 is 0. The van der Waals surface area contributed by atoms with Gasteiger partial charge in [0, 0.05) is 25.6 Å². The van der Waals surface area contributed by atoms with E-state index in [1.807, 2.05) is 27.7 Å². The fourth-order valence-corrected chi connectivity index (χ4v) is 1.57. The lowest BCUT2D eigenvalue weighted by molar-refractivity contribution is -0.137. The molecule has 0 aliphatic heterocycles. The number of carboxylic acids is 1. The van der Waals surface area contributed by atoms with E-state index in [0.29, 0.717) is 6.54 Å². The van der Waals surface area contributed by atoms with Crippen molar-refractivity contribution in [1.29, 1.82) is 0 Å². The second-order valence-corrected chi connectivity index (χ2v) is 4.68. The molecule has 2 N–H and O–H groups in total. The molecule has 0 aliphatic rings. The van der Waals surface area contributed by atoms with Crippen LogP contribution in [0.1, 0.15) is 40.5 Å². The van der Waals surface area contributed by atoms with Crippen molar-refractivity contribution in [2.24, 2.45) is 5.92 Å². The molecule has 0 aliphatic carbocycles. The van der Waals surface area contributed by atoms with E-state index < -0.39 is 5.97 Å². The van der Waals surface area contributed by atoms with Gasteiger partial charge in [-0.2, -0.15) is 0 Å². The van der Waals surface area contributed by atoms with Gasteiger partial charge < -0.3 is 15.3 Å². The minimum absolute atomic E-state index is 0.0490. The number of urea groups is 1. The number of carboxylic acid groups (broad SMARTS) is 1. The summed E-state index contributed by atoms with van der Waals surface area (Å²) in [6.07, 6.45) is 0.992. The molecule has 1 atom stereocenters. The van der Waals surface area contributed by atoms with Crippen molar-refractivity contribution in [3.8, 4) is 0 Å². The minimum Gasteiger partial charge on any atom is -0.481 e. The SMILES string of the molecule is CCCN(C(=O)NCC(C)CC(=O)O)C(C)C. The number of amides is 2. The number of aliphatic carboxylic acids is 1. The van der Waals surface area contributed by atoms with Gasteiger partial charge in [0.2, 0.25) is 0 Å². The summed E-state index contributed by atoms with van der Waals surface area (Å²) in [5.41, 5.74) is 0. The van der Waals surface area contributed by atoms with E-state index in [9.17, 15) is 9.59 Å². The summed E-state index contributed by atoms with van der Waals surface area (Å²) in [5, 5.41) is 11.4. The average Bonchev–Trinajstić information content (AvgIpc) is 2.21. The zero-order chi connectivity index (χ0) is 13.4. The molecule has 17 heavy (non-hydrogen) atoms. The van der Waals surface area contributed by atoms with Crippen LogP contribution in [0.5, 0.6) is 0 Å². The van der Waals surface area contributed by atoms with Crippen LogP contribution in [0, 0.1) is 5.92 Å². The van der Waals surface area contributed by atoms with E-state index in [1.165, 1.54) is 0 Å². The summed E-state index contributed by atoms with van der Waals surface area (Å²) in [4.78, 5) is 24.1. The van der Waals surface area contributed by atoms with Gasteiger partial charge in [-0.05, 0) is 26.2 Å². The van der Waals surface area contributed by atoms with Crippen molar-refractivity contribution in [2.45, 2.75) is 46.6 Å². The molecular formula is C12H24N2O3. The predicted molar refractivity (Wildman–Crippen MR) is 66.9 cm³/mol. The quantitative estimate of drug-likeness (QED) is 0.719. The highest BCUT2D eigenvalue weighted by molar-refractivity contribution is 5.74.